The maximum atomic E-state index is 13.5. The minimum atomic E-state index is -3.80. The summed E-state index contributed by atoms with van der Waals surface area (Å²) in [5.41, 5.74) is 0.0772. The van der Waals surface area contributed by atoms with E-state index in [1.54, 1.807) is 0 Å². The number of hydrogen-bond acceptors (Lipinski definition) is 5. The molecule has 3 rings (SSSR count). The van der Waals surface area contributed by atoms with Gasteiger partial charge in [-0.25, -0.2) is 12.8 Å². The molecule has 2 aliphatic rings. The van der Waals surface area contributed by atoms with Gasteiger partial charge in [-0.05, 0) is 18.2 Å². The number of carbonyl (C=O) groups is 2. The highest BCUT2D eigenvalue weighted by Crippen LogP contribution is 2.20. The number of ether oxygens (including phenoxy) is 1. The Morgan fingerprint density at radius 2 is 2.15 bits per heavy atom. The van der Waals surface area contributed by atoms with Crippen LogP contribution in [-0.2, 0) is 24.3 Å². The summed E-state index contributed by atoms with van der Waals surface area (Å²) in [6, 6.07) is 4.72. The third kappa shape index (κ3) is 4.13. The second-order valence-corrected chi connectivity index (χ2v) is 8.39. The molecule has 2 atom stereocenters. The van der Waals surface area contributed by atoms with Crippen LogP contribution in [0.5, 0.6) is 0 Å². The average molecular weight is 385 g/mol. The van der Waals surface area contributed by atoms with Crippen LogP contribution in [0, 0.1) is 11.7 Å². The van der Waals surface area contributed by atoms with Crippen LogP contribution in [0.25, 0.3) is 0 Å². The molecule has 2 bridgehead atoms. The lowest BCUT2D eigenvalue weighted by Crippen LogP contribution is -2.48. The summed E-state index contributed by atoms with van der Waals surface area (Å²) in [5, 5.41) is 2.81. The summed E-state index contributed by atoms with van der Waals surface area (Å²) in [4.78, 5) is 26.2. The summed E-state index contributed by atoms with van der Waals surface area (Å²) in [5.74, 6) is -1.71. The zero-order chi connectivity index (χ0) is 18.9. The molecule has 2 saturated heterocycles. The van der Waals surface area contributed by atoms with E-state index in [2.05, 4.69) is 5.32 Å². The van der Waals surface area contributed by atoms with E-state index in [-0.39, 0.29) is 37.3 Å². The van der Waals surface area contributed by atoms with Crippen LogP contribution in [0.1, 0.15) is 0 Å². The van der Waals surface area contributed by atoms with Gasteiger partial charge < -0.3 is 15.0 Å². The predicted molar refractivity (Wildman–Crippen MR) is 91.4 cm³/mol. The number of amides is 2. The molecule has 142 valence electrons. The number of halogens is 1. The minimum absolute atomic E-state index is 0.0772. The maximum Gasteiger partial charge on any atom is 0.243 e. The van der Waals surface area contributed by atoms with Gasteiger partial charge in [-0.2, -0.15) is 0 Å². The van der Waals surface area contributed by atoms with Crippen molar-refractivity contribution in [3.05, 3.63) is 30.1 Å². The van der Waals surface area contributed by atoms with Crippen molar-refractivity contribution < 1.29 is 27.1 Å². The van der Waals surface area contributed by atoms with Crippen molar-refractivity contribution in [2.24, 2.45) is 5.92 Å². The van der Waals surface area contributed by atoms with Crippen molar-refractivity contribution in [2.75, 3.05) is 43.4 Å². The molecule has 0 aromatic heterocycles. The van der Waals surface area contributed by atoms with Crippen molar-refractivity contribution in [1.29, 1.82) is 0 Å². The molecule has 0 spiro atoms. The van der Waals surface area contributed by atoms with Crippen molar-refractivity contribution >= 4 is 27.5 Å². The molecule has 8 nitrogen and oxygen atoms in total. The van der Waals surface area contributed by atoms with Crippen LogP contribution >= 0.6 is 0 Å². The first-order valence-corrected chi connectivity index (χ1v) is 9.98. The van der Waals surface area contributed by atoms with E-state index < -0.39 is 34.2 Å². The van der Waals surface area contributed by atoms with Crippen LogP contribution in [0.2, 0.25) is 0 Å². The van der Waals surface area contributed by atoms with Gasteiger partial charge >= 0.3 is 0 Å². The van der Waals surface area contributed by atoms with Gasteiger partial charge in [0.1, 0.15) is 12.4 Å². The first-order chi connectivity index (χ1) is 12.2. The molecular weight excluding hydrogens is 365 g/mol. The first-order valence-electron chi connectivity index (χ1n) is 8.13. The van der Waals surface area contributed by atoms with Gasteiger partial charge in [0.05, 0.1) is 37.1 Å². The van der Waals surface area contributed by atoms with Crippen molar-refractivity contribution in [1.82, 2.24) is 10.2 Å². The molecule has 2 fully saturated rings. The number of anilines is 1. The number of fused-ring (bicyclic) bond motifs is 3. The number of benzene rings is 1. The van der Waals surface area contributed by atoms with E-state index in [0.29, 0.717) is 6.61 Å². The average Bonchev–Trinajstić information content (AvgIpc) is 2.79. The van der Waals surface area contributed by atoms with E-state index in [0.717, 1.165) is 16.6 Å². The fourth-order valence-corrected chi connectivity index (χ4v) is 3.93. The fraction of sp³-hybridized carbons (Fsp3) is 0.500. The van der Waals surface area contributed by atoms with Crippen LogP contribution in [0.15, 0.2) is 24.3 Å². The second kappa shape index (κ2) is 7.20. The van der Waals surface area contributed by atoms with Gasteiger partial charge in [0.15, 0.2) is 0 Å². The largest absolute Gasteiger partial charge is 0.378 e. The SMILES string of the molecule is CS(=O)(=O)N(CC(=O)N1C[C@H]2COC[C@@H](C1)C(=O)N2)c1cccc(F)c1. The van der Waals surface area contributed by atoms with Crippen LogP contribution in [0.3, 0.4) is 0 Å². The molecule has 1 aromatic rings. The Labute approximate surface area is 151 Å². The zero-order valence-corrected chi connectivity index (χ0v) is 15.0. The van der Waals surface area contributed by atoms with Gasteiger partial charge in [-0.1, -0.05) is 6.07 Å². The highest BCUT2D eigenvalue weighted by atomic mass is 32.2. The third-order valence-electron chi connectivity index (χ3n) is 4.36. The standard InChI is InChI=1S/C16H20FN3O5S/c1-26(23,24)20(14-4-2-3-12(17)5-14)8-15(21)19-6-11-9-25-10-13(7-19)18-16(11)22/h2-5,11,13H,6-10H2,1H3,(H,18,22)/t11-,13+/m1/s1. The molecule has 1 N–H and O–H groups in total. The molecule has 10 heteroatoms. The lowest BCUT2D eigenvalue weighted by molar-refractivity contribution is -0.132. The van der Waals surface area contributed by atoms with Gasteiger partial charge in [-0.15, -0.1) is 0 Å². The third-order valence-corrected chi connectivity index (χ3v) is 5.51. The Morgan fingerprint density at radius 3 is 2.85 bits per heavy atom. The molecule has 0 aliphatic carbocycles. The number of hydrogen-bond donors (Lipinski definition) is 1. The number of nitrogens with zero attached hydrogens (tertiary/aromatic N) is 2. The molecular formula is C16H20FN3O5S. The summed E-state index contributed by atoms with van der Waals surface area (Å²) in [7, 11) is -3.80. The lowest BCUT2D eigenvalue weighted by atomic mass is 10.1. The van der Waals surface area contributed by atoms with Crippen molar-refractivity contribution in [2.45, 2.75) is 6.04 Å². The summed E-state index contributed by atoms with van der Waals surface area (Å²) >= 11 is 0. The predicted octanol–water partition coefficient (Wildman–Crippen LogP) is -0.435. The molecule has 2 aliphatic heterocycles. The number of rotatable bonds is 4. The van der Waals surface area contributed by atoms with Gasteiger partial charge in [0.25, 0.3) is 0 Å². The monoisotopic (exact) mass is 385 g/mol. The molecule has 1 aromatic carbocycles. The van der Waals surface area contributed by atoms with Gasteiger partial charge in [0.2, 0.25) is 21.8 Å². The summed E-state index contributed by atoms with van der Waals surface area (Å²) in [6.45, 7) is 0.442. The summed E-state index contributed by atoms with van der Waals surface area (Å²) in [6.07, 6.45) is 0.960. The number of carbonyl (C=O) groups excluding carboxylic acids is 2. The summed E-state index contributed by atoms with van der Waals surface area (Å²) < 4.78 is 44.0. The number of nitrogens with one attached hydrogen (secondary N) is 1. The molecule has 26 heavy (non-hydrogen) atoms. The molecule has 0 saturated carbocycles. The van der Waals surface area contributed by atoms with Gasteiger partial charge in [-0.3, -0.25) is 13.9 Å². The minimum Gasteiger partial charge on any atom is -0.378 e. The molecule has 2 heterocycles. The van der Waals surface area contributed by atoms with Crippen molar-refractivity contribution in [3.63, 3.8) is 0 Å². The van der Waals surface area contributed by atoms with Crippen LogP contribution in [-0.4, -0.2) is 70.3 Å². The van der Waals surface area contributed by atoms with E-state index in [9.17, 15) is 22.4 Å². The van der Waals surface area contributed by atoms with E-state index in [4.69, 9.17) is 4.74 Å². The van der Waals surface area contributed by atoms with Gasteiger partial charge in [0, 0.05) is 13.1 Å². The van der Waals surface area contributed by atoms with Crippen molar-refractivity contribution in [3.8, 4) is 0 Å². The highest BCUT2D eigenvalue weighted by Gasteiger charge is 2.36. The topological polar surface area (TPSA) is 96.0 Å². The smallest absolute Gasteiger partial charge is 0.243 e. The van der Waals surface area contributed by atoms with E-state index >= 15 is 0 Å². The first kappa shape index (κ1) is 18.6. The lowest BCUT2D eigenvalue weighted by Gasteiger charge is -2.30. The fourth-order valence-electron chi connectivity index (χ4n) is 3.09. The molecule has 0 radical (unpaired) electrons. The Morgan fingerprint density at radius 1 is 1.38 bits per heavy atom. The Bertz CT molecular complexity index is 816. The van der Waals surface area contributed by atoms with Crippen LogP contribution < -0.4 is 9.62 Å². The highest BCUT2D eigenvalue weighted by molar-refractivity contribution is 7.92. The van der Waals surface area contributed by atoms with E-state index in [1.165, 1.54) is 23.1 Å². The Balaban J connectivity index is 1.81. The Kier molecular flexibility index (Phi) is 5.15. The van der Waals surface area contributed by atoms with E-state index in [1.807, 2.05) is 0 Å². The Hall–Kier alpha value is -2.20. The second-order valence-electron chi connectivity index (χ2n) is 6.49. The quantitative estimate of drug-likeness (QED) is 0.759. The number of sulfonamides is 1. The zero-order valence-electron chi connectivity index (χ0n) is 14.2. The van der Waals surface area contributed by atoms with Crippen LogP contribution in [0.4, 0.5) is 10.1 Å². The maximum absolute atomic E-state index is 13.5. The molecule has 0 unspecified atom stereocenters. The molecule has 2 amide bonds. The normalized spacial score (nSPS) is 23.2.